The van der Waals surface area contributed by atoms with Crippen molar-refractivity contribution in [3.63, 3.8) is 0 Å². The second kappa shape index (κ2) is 12.2. The SMILES string of the molecule is CC(NC(=O)CNC(=O)C(CCC(=O)O)NC(=O)C(N)CCC(=O)O)C(=O)O. The fourth-order valence-corrected chi connectivity index (χ4v) is 1.87. The molecule has 28 heavy (non-hydrogen) atoms. The van der Waals surface area contributed by atoms with E-state index in [9.17, 15) is 28.8 Å². The van der Waals surface area contributed by atoms with Gasteiger partial charge in [-0.05, 0) is 19.8 Å². The van der Waals surface area contributed by atoms with Crippen molar-refractivity contribution in [1.29, 1.82) is 0 Å². The van der Waals surface area contributed by atoms with Gasteiger partial charge in [0.15, 0.2) is 0 Å². The van der Waals surface area contributed by atoms with Gasteiger partial charge in [0.2, 0.25) is 17.7 Å². The molecule has 158 valence electrons. The van der Waals surface area contributed by atoms with Crippen molar-refractivity contribution in [2.45, 2.75) is 50.7 Å². The third-order valence-corrected chi connectivity index (χ3v) is 3.46. The molecule has 0 heterocycles. The molecule has 3 unspecified atom stereocenters. The molecular formula is C15H24N4O9. The molecule has 0 aliphatic heterocycles. The summed E-state index contributed by atoms with van der Waals surface area (Å²) in [6.07, 6.45) is -1.33. The molecule has 0 aliphatic rings. The molecule has 0 rings (SSSR count). The van der Waals surface area contributed by atoms with Gasteiger partial charge in [0, 0.05) is 12.8 Å². The van der Waals surface area contributed by atoms with Gasteiger partial charge in [0.05, 0.1) is 12.6 Å². The first-order valence-corrected chi connectivity index (χ1v) is 8.23. The van der Waals surface area contributed by atoms with Gasteiger partial charge in [-0.2, -0.15) is 0 Å². The smallest absolute Gasteiger partial charge is 0.325 e. The molecule has 0 aromatic rings. The number of nitrogens with two attached hydrogens (primary N) is 1. The minimum absolute atomic E-state index is 0.191. The number of hydrogen-bond donors (Lipinski definition) is 7. The van der Waals surface area contributed by atoms with Crippen LogP contribution in [-0.2, 0) is 28.8 Å². The van der Waals surface area contributed by atoms with Crippen molar-refractivity contribution in [3.8, 4) is 0 Å². The van der Waals surface area contributed by atoms with Crippen LogP contribution in [0.1, 0.15) is 32.6 Å². The molecule has 0 fully saturated rings. The summed E-state index contributed by atoms with van der Waals surface area (Å²) < 4.78 is 0. The summed E-state index contributed by atoms with van der Waals surface area (Å²) in [5.41, 5.74) is 5.53. The molecule has 0 aromatic carbocycles. The molecular weight excluding hydrogens is 380 g/mol. The lowest BCUT2D eigenvalue weighted by Crippen LogP contribution is -2.53. The van der Waals surface area contributed by atoms with Gasteiger partial charge in [-0.3, -0.25) is 28.8 Å². The number of carbonyl (C=O) groups excluding carboxylic acids is 3. The molecule has 8 N–H and O–H groups in total. The lowest BCUT2D eigenvalue weighted by atomic mass is 10.1. The van der Waals surface area contributed by atoms with Crippen LogP contribution in [0.4, 0.5) is 0 Å². The van der Waals surface area contributed by atoms with E-state index in [4.69, 9.17) is 21.1 Å². The number of rotatable bonds is 13. The van der Waals surface area contributed by atoms with Gasteiger partial charge in [0.1, 0.15) is 12.1 Å². The molecule has 3 atom stereocenters. The number of amides is 3. The monoisotopic (exact) mass is 404 g/mol. The summed E-state index contributed by atoms with van der Waals surface area (Å²) in [5.74, 6) is -6.19. The number of aliphatic carboxylic acids is 3. The summed E-state index contributed by atoms with van der Waals surface area (Å²) in [4.78, 5) is 67.6. The number of hydrogen-bond acceptors (Lipinski definition) is 7. The van der Waals surface area contributed by atoms with Crippen molar-refractivity contribution in [3.05, 3.63) is 0 Å². The maximum Gasteiger partial charge on any atom is 0.325 e. The van der Waals surface area contributed by atoms with Gasteiger partial charge in [-0.1, -0.05) is 0 Å². The molecule has 13 nitrogen and oxygen atoms in total. The third-order valence-electron chi connectivity index (χ3n) is 3.46. The summed E-state index contributed by atoms with van der Waals surface area (Å²) in [6, 6.07) is -3.74. The average molecular weight is 404 g/mol. The van der Waals surface area contributed by atoms with Crippen LogP contribution in [0.3, 0.4) is 0 Å². The van der Waals surface area contributed by atoms with Crippen molar-refractivity contribution in [1.82, 2.24) is 16.0 Å². The molecule has 0 saturated carbocycles. The molecule has 0 saturated heterocycles. The Kier molecular flexibility index (Phi) is 10.8. The fraction of sp³-hybridized carbons (Fsp3) is 0.600. The molecule has 3 amide bonds. The van der Waals surface area contributed by atoms with E-state index in [0.717, 1.165) is 0 Å². The van der Waals surface area contributed by atoms with Crippen LogP contribution in [-0.4, -0.2) is 75.6 Å². The molecule has 0 bridgehead atoms. The van der Waals surface area contributed by atoms with E-state index in [1.165, 1.54) is 6.92 Å². The minimum Gasteiger partial charge on any atom is -0.481 e. The predicted molar refractivity (Wildman–Crippen MR) is 91.9 cm³/mol. The van der Waals surface area contributed by atoms with Gasteiger partial charge >= 0.3 is 17.9 Å². The average Bonchev–Trinajstić information content (AvgIpc) is 2.60. The Balaban J connectivity index is 4.79. The molecule has 0 aromatic heterocycles. The van der Waals surface area contributed by atoms with Crippen molar-refractivity contribution in [2.24, 2.45) is 5.73 Å². The first-order chi connectivity index (χ1) is 12.9. The van der Waals surface area contributed by atoms with E-state index in [1.54, 1.807) is 0 Å². The highest BCUT2D eigenvalue weighted by Gasteiger charge is 2.25. The lowest BCUT2D eigenvalue weighted by Gasteiger charge is -2.20. The van der Waals surface area contributed by atoms with E-state index in [1.807, 2.05) is 0 Å². The Labute approximate surface area is 159 Å². The number of carboxylic acid groups (broad SMARTS) is 3. The molecule has 0 radical (unpaired) electrons. The first-order valence-electron chi connectivity index (χ1n) is 8.23. The van der Waals surface area contributed by atoms with Crippen LogP contribution in [0, 0.1) is 0 Å². The molecule has 13 heteroatoms. The Morgan fingerprint density at radius 2 is 1.39 bits per heavy atom. The normalized spacial score (nSPS) is 13.5. The minimum atomic E-state index is -1.33. The van der Waals surface area contributed by atoms with Crippen LogP contribution < -0.4 is 21.7 Å². The fourth-order valence-electron chi connectivity index (χ4n) is 1.87. The summed E-state index contributed by atoms with van der Waals surface area (Å²) in [6.45, 7) is 0.622. The summed E-state index contributed by atoms with van der Waals surface area (Å²) in [7, 11) is 0. The van der Waals surface area contributed by atoms with Crippen molar-refractivity contribution >= 4 is 35.6 Å². The van der Waals surface area contributed by atoms with Gasteiger partial charge in [0.25, 0.3) is 0 Å². The predicted octanol–water partition coefficient (Wildman–Crippen LogP) is -2.77. The Morgan fingerprint density at radius 1 is 0.857 bits per heavy atom. The maximum absolute atomic E-state index is 12.2. The summed E-state index contributed by atoms with van der Waals surface area (Å²) in [5, 5.41) is 32.5. The van der Waals surface area contributed by atoms with Crippen LogP contribution in [0.2, 0.25) is 0 Å². The Bertz CT molecular complexity index is 623. The number of carboxylic acids is 3. The zero-order chi connectivity index (χ0) is 21.9. The van der Waals surface area contributed by atoms with Crippen molar-refractivity contribution in [2.75, 3.05) is 6.54 Å². The second-order valence-corrected chi connectivity index (χ2v) is 5.88. The standard InChI is InChI=1S/C15H24N4O9/c1-7(15(27)28)18-10(20)6-17-14(26)9(3-5-12(23)24)19-13(25)8(16)2-4-11(21)22/h7-9H,2-6,16H2,1H3,(H,17,26)(H,18,20)(H,19,25)(H,21,22)(H,23,24)(H,27,28). The van der Waals surface area contributed by atoms with E-state index in [0.29, 0.717) is 0 Å². The number of nitrogens with one attached hydrogen (secondary N) is 3. The van der Waals surface area contributed by atoms with E-state index < -0.39 is 66.7 Å². The highest BCUT2D eigenvalue weighted by Crippen LogP contribution is 2.01. The molecule has 0 spiro atoms. The zero-order valence-electron chi connectivity index (χ0n) is 15.1. The summed E-state index contributed by atoms with van der Waals surface area (Å²) >= 11 is 0. The number of carbonyl (C=O) groups is 6. The maximum atomic E-state index is 12.2. The van der Waals surface area contributed by atoms with E-state index >= 15 is 0 Å². The highest BCUT2D eigenvalue weighted by atomic mass is 16.4. The van der Waals surface area contributed by atoms with Gasteiger partial charge in [-0.25, -0.2) is 0 Å². The van der Waals surface area contributed by atoms with Crippen LogP contribution in [0.5, 0.6) is 0 Å². The van der Waals surface area contributed by atoms with Gasteiger partial charge in [-0.15, -0.1) is 0 Å². The van der Waals surface area contributed by atoms with E-state index in [2.05, 4.69) is 16.0 Å². The topological polar surface area (TPSA) is 225 Å². The molecule has 0 aliphatic carbocycles. The van der Waals surface area contributed by atoms with E-state index in [-0.39, 0.29) is 19.3 Å². The zero-order valence-corrected chi connectivity index (χ0v) is 15.1. The second-order valence-electron chi connectivity index (χ2n) is 5.88. The largest absolute Gasteiger partial charge is 0.481 e. The lowest BCUT2D eigenvalue weighted by molar-refractivity contribution is -0.141. The van der Waals surface area contributed by atoms with Crippen LogP contribution in [0.15, 0.2) is 0 Å². The third kappa shape index (κ3) is 10.7. The van der Waals surface area contributed by atoms with Crippen molar-refractivity contribution < 1.29 is 44.1 Å². The van der Waals surface area contributed by atoms with Gasteiger partial charge < -0.3 is 37.0 Å². The first kappa shape index (κ1) is 24.8. The highest BCUT2D eigenvalue weighted by molar-refractivity contribution is 5.92. The Morgan fingerprint density at radius 3 is 1.89 bits per heavy atom. The quantitative estimate of drug-likeness (QED) is 0.167. The van der Waals surface area contributed by atoms with Crippen LogP contribution in [0.25, 0.3) is 0 Å². The van der Waals surface area contributed by atoms with Crippen LogP contribution >= 0.6 is 0 Å². The Hall–Kier alpha value is -3.22.